The molecule has 0 saturated heterocycles. The van der Waals surface area contributed by atoms with Crippen molar-refractivity contribution in [1.29, 1.82) is 0 Å². The lowest BCUT2D eigenvalue weighted by Crippen LogP contribution is -2.32. The van der Waals surface area contributed by atoms with Crippen LogP contribution in [-0.4, -0.2) is 25.5 Å². The lowest BCUT2D eigenvalue weighted by Gasteiger charge is -2.08. The van der Waals surface area contributed by atoms with Gasteiger partial charge in [0, 0.05) is 13.1 Å². The molecule has 0 aromatic heterocycles. The van der Waals surface area contributed by atoms with Gasteiger partial charge in [0.15, 0.2) is 0 Å². The lowest BCUT2D eigenvalue weighted by atomic mass is 10.1. The van der Waals surface area contributed by atoms with Gasteiger partial charge in [-0.1, -0.05) is 19.1 Å². The largest absolute Gasteiger partial charge is 0.416 e. The minimum Gasteiger partial charge on any atom is -0.355 e. The van der Waals surface area contributed by atoms with Crippen LogP contribution in [0.15, 0.2) is 24.3 Å². The standard InChI is InChI=1S/C13H17F3N2O/c1-2-17-7-8-18-12(19)9-10-3-5-11(6-4-10)13(14,15)16/h3-6,17H,2,7-9H2,1H3,(H,18,19). The molecule has 0 saturated carbocycles. The van der Waals surface area contributed by atoms with Crippen molar-refractivity contribution in [2.75, 3.05) is 19.6 Å². The van der Waals surface area contributed by atoms with Crippen molar-refractivity contribution in [2.24, 2.45) is 0 Å². The number of benzene rings is 1. The molecule has 106 valence electrons. The van der Waals surface area contributed by atoms with Gasteiger partial charge >= 0.3 is 6.18 Å². The topological polar surface area (TPSA) is 41.1 Å². The molecule has 0 heterocycles. The first kappa shape index (κ1) is 15.5. The molecule has 2 N–H and O–H groups in total. The second-order valence-corrected chi connectivity index (χ2v) is 4.07. The molecule has 0 aliphatic carbocycles. The smallest absolute Gasteiger partial charge is 0.355 e. The summed E-state index contributed by atoms with van der Waals surface area (Å²) in [6.07, 6.45) is -4.25. The first-order valence-electron chi connectivity index (χ1n) is 6.07. The van der Waals surface area contributed by atoms with Crippen LogP contribution in [0.1, 0.15) is 18.1 Å². The normalized spacial score (nSPS) is 11.4. The summed E-state index contributed by atoms with van der Waals surface area (Å²) in [5, 5.41) is 5.74. The summed E-state index contributed by atoms with van der Waals surface area (Å²) in [6.45, 7) is 3.97. The second-order valence-electron chi connectivity index (χ2n) is 4.07. The molecule has 0 fully saturated rings. The Bertz CT molecular complexity index is 401. The Hall–Kier alpha value is -1.56. The van der Waals surface area contributed by atoms with E-state index in [1.165, 1.54) is 12.1 Å². The van der Waals surface area contributed by atoms with Crippen molar-refractivity contribution < 1.29 is 18.0 Å². The van der Waals surface area contributed by atoms with Crippen LogP contribution in [0.2, 0.25) is 0 Å². The Morgan fingerprint density at radius 2 is 1.79 bits per heavy atom. The Morgan fingerprint density at radius 1 is 1.16 bits per heavy atom. The lowest BCUT2D eigenvalue weighted by molar-refractivity contribution is -0.137. The molecular weight excluding hydrogens is 257 g/mol. The molecular formula is C13H17F3N2O. The van der Waals surface area contributed by atoms with Gasteiger partial charge in [0.2, 0.25) is 5.91 Å². The van der Waals surface area contributed by atoms with Crippen LogP contribution in [0.25, 0.3) is 0 Å². The van der Waals surface area contributed by atoms with Gasteiger partial charge < -0.3 is 10.6 Å². The van der Waals surface area contributed by atoms with E-state index in [9.17, 15) is 18.0 Å². The maximum Gasteiger partial charge on any atom is 0.416 e. The van der Waals surface area contributed by atoms with E-state index in [1.807, 2.05) is 6.92 Å². The number of halogens is 3. The van der Waals surface area contributed by atoms with Gasteiger partial charge in [-0.3, -0.25) is 4.79 Å². The molecule has 0 atom stereocenters. The van der Waals surface area contributed by atoms with Gasteiger partial charge in [-0.2, -0.15) is 13.2 Å². The van der Waals surface area contributed by atoms with Crippen LogP contribution >= 0.6 is 0 Å². The third-order valence-electron chi connectivity index (χ3n) is 2.52. The summed E-state index contributed by atoms with van der Waals surface area (Å²) in [7, 11) is 0. The van der Waals surface area contributed by atoms with Crippen molar-refractivity contribution >= 4 is 5.91 Å². The number of carbonyl (C=O) groups is 1. The molecule has 0 unspecified atom stereocenters. The number of amides is 1. The van der Waals surface area contributed by atoms with E-state index in [0.29, 0.717) is 18.7 Å². The minimum absolute atomic E-state index is 0.0876. The predicted molar refractivity (Wildman–Crippen MR) is 66.7 cm³/mol. The quantitative estimate of drug-likeness (QED) is 0.779. The van der Waals surface area contributed by atoms with Gasteiger partial charge in [-0.25, -0.2) is 0 Å². The van der Waals surface area contributed by atoms with Crippen LogP contribution in [0.3, 0.4) is 0 Å². The van der Waals surface area contributed by atoms with E-state index >= 15 is 0 Å². The monoisotopic (exact) mass is 274 g/mol. The fourth-order valence-corrected chi connectivity index (χ4v) is 1.53. The highest BCUT2D eigenvalue weighted by Crippen LogP contribution is 2.29. The van der Waals surface area contributed by atoms with E-state index in [4.69, 9.17) is 0 Å². The number of carbonyl (C=O) groups excluding carboxylic acids is 1. The van der Waals surface area contributed by atoms with Gasteiger partial charge in [0.05, 0.1) is 12.0 Å². The summed E-state index contributed by atoms with van der Waals surface area (Å²) in [5.74, 6) is -0.197. The molecule has 0 aliphatic heterocycles. The molecule has 0 aliphatic rings. The zero-order valence-corrected chi connectivity index (χ0v) is 10.7. The molecule has 1 amide bonds. The van der Waals surface area contributed by atoms with Crippen molar-refractivity contribution in [2.45, 2.75) is 19.5 Å². The average Bonchev–Trinajstić information content (AvgIpc) is 2.34. The zero-order chi connectivity index (χ0) is 14.3. The van der Waals surface area contributed by atoms with Crippen molar-refractivity contribution in [3.8, 4) is 0 Å². The molecule has 0 bridgehead atoms. The van der Waals surface area contributed by atoms with Crippen LogP contribution in [0.4, 0.5) is 13.2 Å². The Kier molecular flexibility index (Phi) is 5.82. The van der Waals surface area contributed by atoms with E-state index < -0.39 is 11.7 Å². The van der Waals surface area contributed by atoms with Gasteiger partial charge in [-0.05, 0) is 24.2 Å². The van der Waals surface area contributed by atoms with Crippen molar-refractivity contribution in [1.82, 2.24) is 10.6 Å². The summed E-state index contributed by atoms with van der Waals surface area (Å²) in [6, 6.07) is 4.63. The third-order valence-corrected chi connectivity index (χ3v) is 2.52. The number of alkyl halides is 3. The van der Waals surface area contributed by atoms with Gasteiger partial charge in [-0.15, -0.1) is 0 Å². The van der Waals surface area contributed by atoms with E-state index in [2.05, 4.69) is 10.6 Å². The van der Waals surface area contributed by atoms with Crippen LogP contribution < -0.4 is 10.6 Å². The number of nitrogens with one attached hydrogen (secondary N) is 2. The third kappa shape index (κ3) is 5.74. The first-order chi connectivity index (χ1) is 8.93. The SMILES string of the molecule is CCNCCNC(=O)Cc1ccc(C(F)(F)F)cc1. The maximum absolute atomic E-state index is 12.3. The molecule has 1 aromatic carbocycles. The van der Waals surface area contributed by atoms with E-state index in [-0.39, 0.29) is 12.3 Å². The number of hydrogen-bond donors (Lipinski definition) is 2. The van der Waals surface area contributed by atoms with Crippen LogP contribution in [-0.2, 0) is 17.4 Å². The maximum atomic E-state index is 12.3. The highest BCUT2D eigenvalue weighted by atomic mass is 19.4. The number of likely N-dealkylation sites (N-methyl/N-ethyl adjacent to an activating group) is 1. The molecule has 1 aromatic rings. The Morgan fingerprint density at radius 3 is 2.32 bits per heavy atom. The summed E-state index contributed by atoms with van der Waals surface area (Å²) in [4.78, 5) is 11.5. The number of hydrogen-bond acceptors (Lipinski definition) is 2. The predicted octanol–water partition coefficient (Wildman–Crippen LogP) is 1.97. The summed E-state index contributed by atoms with van der Waals surface area (Å²) < 4.78 is 37.0. The van der Waals surface area contributed by atoms with E-state index in [1.54, 1.807) is 0 Å². The highest BCUT2D eigenvalue weighted by Gasteiger charge is 2.29. The molecule has 6 heteroatoms. The number of rotatable bonds is 6. The van der Waals surface area contributed by atoms with Crippen molar-refractivity contribution in [3.63, 3.8) is 0 Å². The fraction of sp³-hybridized carbons (Fsp3) is 0.462. The summed E-state index contributed by atoms with van der Waals surface area (Å²) in [5.41, 5.74) is -0.141. The molecule has 0 radical (unpaired) electrons. The summed E-state index contributed by atoms with van der Waals surface area (Å²) >= 11 is 0. The average molecular weight is 274 g/mol. The highest BCUT2D eigenvalue weighted by molar-refractivity contribution is 5.78. The molecule has 0 spiro atoms. The Labute approximate surface area is 110 Å². The molecule has 19 heavy (non-hydrogen) atoms. The zero-order valence-electron chi connectivity index (χ0n) is 10.7. The van der Waals surface area contributed by atoms with Crippen molar-refractivity contribution in [3.05, 3.63) is 35.4 Å². The molecule has 3 nitrogen and oxygen atoms in total. The minimum atomic E-state index is -4.34. The fourth-order valence-electron chi connectivity index (χ4n) is 1.53. The van der Waals surface area contributed by atoms with Crippen LogP contribution in [0, 0.1) is 0 Å². The van der Waals surface area contributed by atoms with Gasteiger partial charge in [0.25, 0.3) is 0 Å². The van der Waals surface area contributed by atoms with Gasteiger partial charge in [0.1, 0.15) is 0 Å². The molecule has 1 rings (SSSR count). The first-order valence-corrected chi connectivity index (χ1v) is 6.07. The van der Waals surface area contributed by atoms with Crippen LogP contribution in [0.5, 0.6) is 0 Å². The Balaban J connectivity index is 2.43. The second kappa shape index (κ2) is 7.13. The van der Waals surface area contributed by atoms with E-state index in [0.717, 1.165) is 18.7 Å².